The van der Waals surface area contributed by atoms with Gasteiger partial charge >= 0.3 is 11.9 Å². The van der Waals surface area contributed by atoms with Crippen LogP contribution in [0.5, 0.6) is 0 Å². The second-order valence-corrected chi connectivity index (χ2v) is 22.6. The number of nitrogens with zero attached hydrogens (tertiary/aromatic N) is 2. The number of hydrogen-bond acceptors (Lipinski definition) is 5. The molecule has 1 unspecified atom stereocenters. The van der Waals surface area contributed by atoms with Crippen molar-refractivity contribution in [2.45, 2.75) is 157 Å². The van der Waals surface area contributed by atoms with Gasteiger partial charge in [-0.05, 0) is 160 Å². The van der Waals surface area contributed by atoms with Crippen molar-refractivity contribution in [3.05, 3.63) is 35.9 Å². The van der Waals surface area contributed by atoms with E-state index >= 15 is 4.79 Å². The van der Waals surface area contributed by atoms with Crippen LogP contribution in [-0.4, -0.2) is 47.0 Å². The van der Waals surface area contributed by atoms with Crippen molar-refractivity contribution < 1.29 is 24.2 Å². The van der Waals surface area contributed by atoms with Gasteiger partial charge in [0.05, 0.1) is 23.3 Å². The third-order valence-electron chi connectivity index (χ3n) is 19.4. The van der Waals surface area contributed by atoms with Gasteiger partial charge in [0.2, 0.25) is 5.91 Å². The zero-order valence-corrected chi connectivity index (χ0v) is 35.8. The van der Waals surface area contributed by atoms with E-state index in [1.165, 1.54) is 38.5 Å². The fourth-order valence-electron chi connectivity index (χ4n) is 15.7. The van der Waals surface area contributed by atoms with Gasteiger partial charge in [0.15, 0.2) is 0 Å². The quantitative estimate of drug-likeness (QED) is 0.277. The largest absolute Gasteiger partial charge is 0.481 e. The minimum Gasteiger partial charge on any atom is -0.481 e. The van der Waals surface area contributed by atoms with Crippen LogP contribution in [0.1, 0.15) is 151 Å². The van der Waals surface area contributed by atoms with E-state index in [-0.39, 0.29) is 40.1 Å². The van der Waals surface area contributed by atoms with Gasteiger partial charge in [0, 0.05) is 24.4 Å². The summed E-state index contributed by atoms with van der Waals surface area (Å²) < 4.78 is 6.23. The van der Waals surface area contributed by atoms with E-state index in [4.69, 9.17) is 4.74 Å². The predicted molar refractivity (Wildman–Crippen MR) is 217 cm³/mol. The molecule has 0 spiro atoms. The Morgan fingerprint density at radius 2 is 1.48 bits per heavy atom. The number of carboxylic acid groups (broad SMARTS) is 1. The highest BCUT2D eigenvalue weighted by Gasteiger charge is 2.72. The minimum absolute atomic E-state index is 0.0441. The van der Waals surface area contributed by atoms with Crippen LogP contribution in [0.25, 0.3) is 0 Å². The van der Waals surface area contributed by atoms with Crippen LogP contribution in [-0.2, 0) is 24.5 Å². The Morgan fingerprint density at radius 3 is 2.11 bits per heavy atom. The summed E-state index contributed by atoms with van der Waals surface area (Å²) in [6.07, 6.45) is 13.7. The molecule has 1 heterocycles. The Hall–Kier alpha value is -2.88. The maximum Gasteiger partial charge on any atom is 0.309 e. The molecule has 7 fully saturated rings. The first-order chi connectivity index (χ1) is 26.3. The minimum atomic E-state index is -1.16. The van der Waals surface area contributed by atoms with Crippen molar-refractivity contribution in [2.75, 3.05) is 13.1 Å². The van der Waals surface area contributed by atoms with Crippen LogP contribution in [0.3, 0.4) is 0 Å². The van der Waals surface area contributed by atoms with E-state index in [1.807, 2.05) is 18.2 Å². The maximum atomic E-state index is 15.2. The van der Waals surface area contributed by atoms with Gasteiger partial charge in [-0.2, -0.15) is 5.26 Å². The SMILES string of the molecule is CC(C)(CC(=O)O[C@H]1CC[C@]2(C)[C@H]3CC[C@@H]4[C@@H]5C(CC[C@H]5C5(C)CC5)[C@@H](C(=O)N5CCC(C#N)(c6ccccc6)CC5)C[C@@]4(C)[C@]3(C)CC[C@H]2C1(C)C)C(=O)O. The number of rotatable bonds is 7. The molecular formula is C49H70N2O5. The molecule has 1 N–H and O–H groups in total. The molecule has 7 heteroatoms. The monoisotopic (exact) mass is 767 g/mol. The highest BCUT2D eigenvalue weighted by atomic mass is 16.5. The molecule has 7 nitrogen and oxygen atoms in total. The summed E-state index contributed by atoms with van der Waals surface area (Å²) in [4.78, 5) is 42.4. The topological polar surface area (TPSA) is 108 Å². The first-order valence-corrected chi connectivity index (χ1v) is 22.4. The second kappa shape index (κ2) is 13.3. The van der Waals surface area contributed by atoms with Gasteiger partial charge in [0.1, 0.15) is 6.10 Å². The van der Waals surface area contributed by atoms with E-state index in [1.54, 1.807) is 13.8 Å². The molecule has 1 aromatic carbocycles. The number of carboxylic acids is 1. The molecule has 7 aliphatic rings. The summed E-state index contributed by atoms with van der Waals surface area (Å²) >= 11 is 0. The van der Waals surface area contributed by atoms with E-state index in [0.717, 1.165) is 37.7 Å². The lowest BCUT2D eigenvalue weighted by atomic mass is 9.32. The molecular weight excluding hydrogens is 697 g/mol. The van der Waals surface area contributed by atoms with Crippen LogP contribution in [0.4, 0.5) is 0 Å². The van der Waals surface area contributed by atoms with E-state index in [0.29, 0.717) is 72.8 Å². The van der Waals surface area contributed by atoms with Gasteiger partial charge in [0.25, 0.3) is 0 Å². The third kappa shape index (κ3) is 5.85. The van der Waals surface area contributed by atoms with Gasteiger partial charge in [-0.25, -0.2) is 0 Å². The fourth-order valence-corrected chi connectivity index (χ4v) is 15.7. The number of nitriles is 1. The molecule has 1 aromatic rings. The van der Waals surface area contributed by atoms with Crippen LogP contribution >= 0.6 is 0 Å². The number of carbonyl (C=O) groups is 3. The van der Waals surface area contributed by atoms with Crippen molar-refractivity contribution in [2.24, 2.45) is 73.9 Å². The lowest BCUT2D eigenvalue weighted by Gasteiger charge is -2.73. The molecule has 6 aliphatic carbocycles. The van der Waals surface area contributed by atoms with Crippen molar-refractivity contribution in [1.82, 2.24) is 4.90 Å². The first kappa shape index (κ1) is 39.9. The normalized spacial score (nSPS) is 41.8. The number of hydrogen-bond donors (Lipinski definition) is 1. The summed E-state index contributed by atoms with van der Waals surface area (Å²) in [5.74, 6) is 2.37. The van der Waals surface area contributed by atoms with Crippen LogP contribution in [0, 0.1) is 85.2 Å². The van der Waals surface area contributed by atoms with Crippen LogP contribution in [0.15, 0.2) is 30.3 Å². The third-order valence-corrected chi connectivity index (χ3v) is 19.4. The van der Waals surface area contributed by atoms with Crippen molar-refractivity contribution >= 4 is 17.8 Å². The lowest BCUT2D eigenvalue weighted by molar-refractivity contribution is -0.251. The van der Waals surface area contributed by atoms with Gasteiger partial charge in [-0.15, -0.1) is 0 Å². The van der Waals surface area contributed by atoms with E-state index in [2.05, 4.69) is 64.6 Å². The average Bonchev–Trinajstić information content (AvgIpc) is 3.74. The van der Waals surface area contributed by atoms with Crippen molar-refractivity contribution in [1.29, 1.82) is 5.26 Å². The summed E-state index contributed by atoms with van der Waals surface area (Å²) in [7, 11) is 0. The Kier molecular flexibility index (Phi) is 9.50. The summed E-state index contributed by atoms with van der Waals surface area (Å²) in [6, 6.07) is 12.9. The lowest BCUT2D eigenvalue weighted by Crippen LogP contribution is -2.67. The van der Waals surface area contributed by atoms with Crippen LogP contribution < -0.4 is 0 Å². The zero-order chi connectivity index (χ0) is 40.3. The number of piperidine rings is 1. The number of ether oxygens (including phenoxy) is 1. The average molecular weight is 767 g/mol. The zero-order valence-electron chi connectivity index (χ0n) is 35.8. The molecule has 56 heavy (non-hydrogen) atoms. The maximum absolute atomic E-state index is 15.2. The molecule has 0 bridgehead atoms. The number of aliphatic carboxylic acids is 1. The summed E-state index contributed by atoms with van der Waals surface area (Å²) in [5.41, 5.74) is -0.163. The molecule has 0 aromatic heterocycles. The molecule has 6 saturated carbocycles. The van der Waals surface area contributed by atoms with Crippen molar-refractivity contribution in [3.63, 3.8) is 0 Å². The standard InChI is InChI=1S/C49H70N2O5/c1-43(2,42(54)55)29-39(52)56-38-19-20-46(6)36(44(38,3)4)18-21-47(7)37(46)17-16-35-40-32(14-15-34(40)45(5)22-23-45)33(28-48(35,47)8)41(53)51-26-24-49(30-50,25-27-51)31-12-10-9-11-13-31/h9-13,32-38,40H,14-29H2,1-8H3,(H,54,55)/t32?,33-,34+,35+,36-,37+,38-,40+,46-,47+,48+/m0/s1. The number of likely N-dealkylation sites (tertiary alicyclic amines) is 1. The number of esters is 1. The Bertz CT molecular complexity index is 1770. The van der Waals surface area contributed by atoms with Gasteiger partial charge in [-0.1, -0.05) is 71.9 Å². The molecule has 1 saturated heterocycles. The smallest absolute Gasteiger partial charge is 0.309 e. The van der Waals surface area contributed by atoms with Gasteiger partial charge in [-0.3, -0.25) is 14.4 Å². The molecule has 11 atom stereocenters. The number of amides is 1. The highest BCUT2D eigenvalue weighted by molar-refractivity contribution is 5.81. The fraction of sp³-hybridized carbons (Fsp3) is 0.796. The summed E-state index contributed by atoms with van der Waals surface area (Å²) in [6.45, 7) is 19.5. The van der Waals surface area contributed by atoms with Crippen LogP contribution in [0.2, 0.25) is 0 Å². The second-order valence-electron chi connectivity index (χ2n) is 22.6. The first-order valence-electron chi connectivity index (χ1n) is 22.4. The molecule has 306 valence electrons. The van der Waals surface area contributed by atoms with E-state index in [9.17, 15) is 20.0 Å². The Morgan fingerprint density at radius 1 is 0.821 bits per heavy atom. The highest BCUT2D eigenvalue weighted by Crippen LogP contribution is 2.78. The molecule has 1 amide bonds. The van der Waals surface area contributed by atoms with Crippen molar-refractivity contribution in [3.8, 4) is 6.07 Å². The number of fused-ring (bicyclic) bond motifs is 7. The molecule has 8 rings (SSSR count). The molecule has 0 radical (unpaired) electrons. The number of benzene rings is 1. The van der Waals surface area contributed by atoms with E-state index < -0.39 is 22.8 Å². The Balaban J connectivity index is 1.07. The number of carbonyl (C=O) groups excluding carboxylic acids is 2. The Labute approximate surface area is 337 Å². The predicted octanol–water partition coefficient (Wildman–Crippen LogP) is 10.2. The summed E-state index contributed by atoms with van der Waals surface area (Å²) in [5, 5.41) is 20.1. The molecule has 1 aliphatic heterocycles. The van der Waals surface area contributed by atoms with Gasteiger partial charge < -0.3 is 14.7 Å².